The Balaban J connectivity index is 1.45. The van der Waals surface area contributed by atoms with Crippen molar-refractivity contribution >= 4 is 17.3 Å². The molecule has 2 aromatic heterocycles. The number of benzene rings is 2. The highest BCUT2D eigenvalue weighted by molar-refractivity contribution is 6.04. The number of carbonyl (C=O) groups is 1. The van der Waals surface area contributed by atoms with Gasteiger partial charge in [-0.1, -0.05) is 0 Å². The van der Waals surface area contributed by atoms with Crippen LogP contribution in [0.3, 0.4) is 0 Å². The molecule has 0 aliphatic carbocycles. The average molecular weight is 443 g/mol. The maximum atomic E-state index is 12.5. The second kappa shape index (κ2) is 9.12. The second-order valence-corrected chi connectivity index (χ2v) is 7.92. The molecule has 4 rings (SSSR count). The van der Waals surface area contributed by atoms with Crippen LogP contribution in [0.1, 0.15) is 27.6 Å². The monoisotopic (exact) mass is 442 g/mol. The first-order valence-electron chi connectivity index (χ1n) is 10.5. The van der Waals surface area contributed by atoms with Crippen LogP contribution in [0.2, 0.25) is 0 Å². The lowest BCUT2D eigenvalue weighted by atomic mass is 10.2. The molecule has 2 heterocycles. The fourth-order valence-corrected chi connectivity index (χ4v) is 3.27. The van der Waals surface area contributed by atoms with Crippen molar-refractivity contribution in [2.45, 2.75) is 20.8 Å². The predicted octanol–water partition coefficient (Wildman–Crippen LogP) is 4.70. The van der Waals surface area contributed by atoms with E-state index in [1.165, 1.54) is 0 Å². The molecule has 168 valence electrons. The lowest BCUT2D eigenvalue weighted by Gasteiger charge is -2.13. The molecule has 0 saturated heterocycles. The van der Waals surface area contributed by atoms with Crippen molar-refractivity contribution in [2.75, 3.05) is 24.3 Å². The highest BCUT2D eigenvalue weighted by Gasteiger charge is 2.11. The predicted molar refractivity (Wildman–Crippen MR) is 129 cm³/mol. The Bertz CT molecular complexity index is 1280. The number of anilines is 2. The zero-order valence-corrected chi connectivity index (χ0v) is 19.3. The van der Waals surface area contributed by atoms with Crippen LogP contribution in [0, 0.1) is 20.8 Å². The Kier molecular flexibility index (Phi) is 6.08. The van der Waals surface area contributed by atoms with Crippen LogP contribution in [-0.4, -0.2) is 39.5 Å². The maximum Gasteiger partial charge on any atom is 0.255 e. The lowest BCUT2D eigenvalue weighted by Crippen LogP contribution is -2.13. The summed E-state index contributed by atoms with van der Waals surface area (Å²) in [5.74, 6) is 2.15. The second-order valence-electron chi connectivity index (χ2n) is 7.92. The molecule has 0 spiro atoms. The van der Waals surface area contributed by atoms with Crippen LogP contribution in [-0.2, 0) is 0 Å². The molecule has 4 aromatic rings. The minimum absolute atomic E-state index is 0.170. The third-order valence-corrected chi connectivity index (χ3v) is 5.28. The van der Waals surface area contributed by atoms with Gasteiger partial charge in [-0.15, -0.1) is 0 Å². The van der Waals surface area contributed by atoms with E-state index in [2.05, 4.69) is 20.3 Å². The first-order valence-corrected chi connectivity index (χ1v) is 10.5. The summed E-state index contributed by atoms with van der Waals surface area (Å²) in [4.78, 5) is 27.7. The van der Waals surface area contributed by atoms with E-state index in [1.807, 2.05) is 56.5 Å². The Morgan fingerprint density at radius 1 is 0.970 bits per heavy atom. The lowest BCUT2D eigenvalue weighted by molar-refractivity contribution is 0.102. The fraction of sp³-hybridized carbons (Fsp3) is 0.200. The van der Waals surface area contributed by atoms with Crippen LogP contribution in [0.15, 0.2) is 60.9 Å². The zero-order chi connectivity index (χ0) is 23.5. The van der Waals surface area contributed by atoms with E-state index in [0.717, 1.165) is 17.1 Å². The molecule has 1 amide bonds. The van der Waals surface area contributed by atoms with Crippen molar-refractivity contribution in [3.05, 3.63) is 83.7 Å². The molecule has 33 heavy (non-hydrogen) atoms. The zero-order valence-electron chi connectivity index (χ0n) is 19.3. The van der Waals surface area contributed by atoms with Gasteiger partial charge < -0.3 is 15.0 Å². The van der Waals surface area contributed by atoms with E-state index in [9.17, 15) is 4.79 Å². The van der Waals surface area contributed by atoms with Gasteiger partial charge >= 0.3 is 0 Å². The van der Waals surface area contributed by atoms with Crippen LogP contribution < -0.4 is 15.0 Å². The number of ether oxygens (including phenoxy) is 1. The fourth-order valence-electron chi connectivity index (χ4n) is 3.27. The number of nitrogens with one attached hydrogen (secondary N) is 1. The van der Waals surface area contributed by atoms with Gasteiger partial charge in [0.25, 0.3) is 5.91 Å². The molecule has 0 unspecified atom stereocenters. The summed E-state index contributed by atoms with van der Waals surface area (Å²) in [5.41, 5.74) is 4.26. The number of rotatable bonds is 6. The minimum Gasteiger partial charge on any atom is -0.439 e. The van der Waals surface area contributed by atoms with Gasteiger partial charge in [0.15, 0.2) is 0 Å². The van der Waals surface area contributed by atoms with Gasteiger partial charge in [0, 0.05) is 42.8 Å². The molecule has 0 fully saturated rings. The van der Waals surface area contributed by atoms with Gasteiger partial charge in [-0.25, -0.2) is 9.97 Å². The summed E-state index contributed by atoms with van der Waals surface area (Å²) >= 11 is 0. The third kappa shape index (κ3) is 5.01. The summed E-state index contributed by atoms with van der Waals surface area (Å²) in [5, 5.41) is 2.90. The molecule has 0 aliphatic heterocycles. The van der Waals surface area contributed by atoms with Gasteiger partial charge in [-0.3, -0.25) is 9.36 Å². The first-order chi connectivity index (χ1) is 15.8. The van der Waals surface area contributed by atoms with Gasteiger partial charge in [0.1, 0.15) is 23.7 Å². The summed E-state index contributed by atoms with van der Waals surface area (Å²) in [6, 6.07) is 16.4. The van der Waals surface area contributed by atoms with Gasteiger partial charge in [0.05, 0.1) is 5.69 Å². The Hall–Kier alpha value is -4.20. The molecule has 0 bridgehead atoms. The van der Waals surface area contributed by atoms with E-state index < -0.39 is 0 Å². The number of aryl methyl sites for hydroxylation is 2. The Morgan fingerprint density at radius 2 is 1.67 bits per heavy atom. The van der Waals surface area contributed by atoms with Crippen LogP contribution >= 0.6 is 0 Å². The quantitative estimate of drug-likeness (QED) is 0.466. The van der Waals surface area contributed by atoms with Crippen molar-refractivity contribution < 1.29 is 9.53 Å². The van der Waals surface area contributed by atoms with E-state index >= 15 is 0 Å². The number of hydrogen-bond donors (Lipinski definition) is 1. The van der Waals surface area contributed by atoms with Crippen LogP contribution in [0.25, 0.3) is 5.82 Å². The molecule has 8 nitrogen and oxygen atoms in total. The minimum atomic E-state index is -0.170. The summed E-state index contributed by atoms with van der Waals surface area (Å²) < 4.78 is 7.85. The van der Waals surface area contributed by atoms with Crippen molar-refractivity contribution in [1.29, 1.82) is 0 Å². The third-order valence-electron chi connectivity index (χ3n) is 5.28. The normalized spacial score (nSPS) is 10.7. The molecular formula is C25H26N6O2. The van der Waals surface area contributed by atoms with Crippen LogP contribution in [0.5, 0.6) is 11.6 Å². The smallest absolute Gasteiger partial charge is 0.255 e. The van der Waals surface area contributed by atoms with Crippen molar-refractivity contribution in [2.24, 2.45) is 0 Å². The van der Waals surface area contributed by atoms with Crippen molar-refractivity contribution in [3.8, 4) is 17.4 Å². The highest BCUT2D eigenvalue weighted by atomic mass is 16.5. The largest absolute Gasteiger partial charge is 0.439 e. The first kappa shape index (κ1) is 22.0. The summed E-state index contributed by atoms with van der Waals surface area (Å²) in [7, 11) is 3.92. The molecule has 8 heteroatoms. The number of aromatic nitrogens is 4. The maximum absolute atomic E-state index is 12.5. The molecule has 2 aromatic carbocycles. The van der Waals surface area contributed by atoms with Crippen molar-refractivity contribution in [3.63, 3.8) is 0 Å². The molecule has 0 radical (unpaired) electrons. The Labute approximate surface area is 192 Å². The summed E-state index contributed by atoms with van der Waals surface area (Å²) in [6.07, 6.45) is 1.74. The van der Waals surface area contributed by atoms with E-state index in [0.29, 0.717) is 34.5 Å². The van der Waals surface area contributed by atoms with Crippen molar-refractivity contribution in [1.82, 2.24) is 19.5 Å². The average Bonchev–Trinajstić information content (AvgIpc) is 3.13. The topological polar surface area (TPSA) is 85.2 Å². The highest BCUT2D eigenvalue weighted by Crippen LogP contribution is 2.24. The number of amides is 1. The van der Waals surface area contributed by atoms with E-state index in [-0.39, 0.29) is 5.91 Å². The van der Waals surface area contributed by atoms with E-state index in [4.69, 9.17) is 4.74 Å². The van der Waals surface area contributed by atoms with Crippen LogP contribution in [0.4, 0.5) is 11.4 Å². The number of nitrogens with zero attached hydrogens (tertiary/aromatic N) is 5. The molecule has 0 saturated carbocycles. The Morgan fingerprint density at radius 3 is 2.27 bits per heavy atom. The van der Waals surface area contributed by atoms with Gasteiger partial charge in [-0.05, 0) is 69.3 Å². The van der Waals surface area contributed by atoms with Gasteiger partial charge in [-0.2, -0.15) is 4.98 Å². The molecular weight excluding hydrogens is 416 g/mol. The SMILES string of the molecule is Cc1nc(Oc2ccc(NC(=O)c3ccc(N(C)C)cc3)cc2)cc(-n2cnc(C)c2C)n1. The number of carbonyl (C=O) groups excluding carboxylic acids is 1. The van der Waals surface area contributed by atoms with Gasteiger partial charge in [0.2, 0.25) is 5.88 Å². The number of imidazole rings is 1. The summed E-state index contributed by atoms with van der Waals surface area (Å²) in [6.45, 7) is 5.76. The van der Waals surface area contributed by atoms with E-state index in [1.54, 1.807) is 48.8 Å². The molecule has 0 atom stereocenters. The molecule has 0 aliphatic rings. The standard InChI is InChI=1S/C25H26N6O2/c1-16-17(2)31(15-26-16)23-14-24(28-18(3)27-23)33-22-12-8-20(9-13-22)29-25(32)19-6-10-21(11-7-19)30(4)5/h6-15H,1-5H3,(H,29,32). The molecule has 1 N–H and O–H groups in total. The number of hydrogen-bond acceptors (Lipinski definition) is 6.